The lowest BCUT2D eigenvalue weighted by atomic mass is 10.00. The molecule has 0 saturated carbocycles. The van der Waals surface area contributed by atoms with Crippen molar-refractivity contribution in [2.45, 2.75) is 375 Å². The first-order valence-corrected chi connectivity index (χ1v) is 41.2. The van der Waals surface area contributed by atoms with Crippen LogP contribution in [-0.2, 0) is 65.4 Å². The van der Waals surface area contributed by atoms with Gasteiger partial charge in [0.1, 0.15) is 19.3 Å². The second-order valence-corrected chi connectivity index (χ2v) is 30.5. The minimum Gasteiger partial charge on any atom is -0.462 e. The summed E-state index contributed by atoms with van der Waals surface area (Å²) in [5.41, 5.74) is 0. The number of esters is 4. The molecule has 0 rings (SSSR count). The van der Waals surface area contributed by atoms with Crippen LogP contribution in [0.5, 0.6) is 0 Å². The molecule has 0 saturated heterocycles. The third-order valence-electron chi connectivity index (χ3n) is 17.1. The van der Waals surface area contributed by atoms with Gasteiger partial charge in [-0.25, -0.2) is 9.13 Å². The lowest BCUT2D eigenvalue weighted by Crippen LogP contribution is -2.30. The Labute approximate surface area is 573 Å². The fourth-order valence-electron chi connectivity index (χ4n) is 10.9. The molecule has 0 amide bonds. The number of aliphatic hydroxyl groups excluding tert-OH is 1. The van der Waals surface area contributed by atoms with Gasteiger partial charge >= 0.3 is 39.5 Å². The van der Waals surface area contributed by atoms with Crippen LogP contribution in [0.4, 0.5) is 0 Å². The van der Waals surface area contributed by atoms with Crippen LogP contribution < -0.4 is 0 Å². The lowest BCUT2D eigenvalue weighted by Gasteiger charge is -2.21. The largest absolute Gasteiger partial charge is 0.472 e. The maximum Gasteiger partial charge on any atom is 0.472 e. The molecule has 0 aromatic rings. The van der Waals surface area contributed by atoms with Crippen LogP contribution in [0.3, 0.4) is 0 Å². The minimum absolute atomic E-state index is 0.0981. The number of carbonyl (C=O) groups is 4. The van der Waals surface area contributed by atoms with E-state index in [0.717, 1.165) is 133 Å². The van der Waals surface area contributed by atoms with Crippen LogP contribution in [0.2, 0.25) is 0 Å². The summed E-state index contributed by atoms with van der Waals surface area (Å²) in [5.74, 6) is 0.105. The zero-order chi connectivity index (χ0) is 69.4. The summed E-state index contributed by atoms with van der Waals surface area (Å²) < 4.78 is 68.4. The fourth-order valence-corrected chi connectivity index (χ4v) is 12.4. The van der Waals surface area contributed by atoms with Gasteiger partial charge in [-0.2, -0.15) is 0 Å². The van der Waals surface area contributed by atoms with E-state index in [1.165, 1.54) is 141 Å². The van der Waals surface area contributed by atoms with Gasteiger partial charge in [-0.1, -0.05) is 304 Å². The highest BCUT2D eigenvalue weighted by Gasteiger charge is 2.30. The molecule has 3 unspecified atom stereocenters. The van der Waals surface area contributed by atoms with Gasteiger partial charge in [-0.15, -0.1) is 0 Å². The maximum absolute atomic E-state index is 13.1. The first kappa shape index (κ1) is 91.5. The third-order valence-corrected chi connectivity index (χ3v) is 19.0. The molecular weight excluding hydrogens is 1230 g/mol. The SMILES string of the molecule is CCCCCC/C=C\C=C/CCCCCCCC(=O)OC[C@H](COP(=O)(O)OC[C@@H](O)COP(=O)(O)OC[C@@H](COC(=O)CCCCCCCCC(C)CC)OC(=O)CCCCCCCCCCCCCCCCC(C)C)OC(=O)CCCCCCCCCCCC(C)C. The van der Waals surface area contributed by atoms with Crippen molar-refractivity contribution in [3.8, 4) is 0 Å². The van der Waals surface area contributed by atoms with Crippen molar-refractivity contribution >= 4 is 39.5 Å². The molecule has 0 spiro atoms. The van der Waals surface area contributed by atoms with Crippen molar-refractivity contribution in [2.24, 2.45) is 17.8 Å². The molecule has 0 aliphatic rings. The normalized spacial score (nSPS) is 14.6. The second kappa shape index (κ2) is 65.2. The van der Waals surface area contributed by atoms with Crippen LogP contribution in [0.15, 0.2) is 24.3 Å². The van der Waals surface area contributed by atoms with E-state index < -0.39 is 97.5 Å². The number of carbonyl (C=O) groups excluding carboxylic acids is 4. The van der Waals surface area contributed by atoms with Crippen molar-refractivity contribution in [3.63, 3.8) is 0 Å². The Bertz CT molecular complexity index is 1930. The number of ether oxygens (including phenoxy) is 4. The van der Waals surface area contributed by atoms with Crippen molar-refractivity contribution in [1.82, 2.24) is 0 Å². The fraction of sp³-hybridized carbons (Fsp3) is 0.893. The molecule has 19 heteroatoms. The maximum atomic E-state index is 13.1. The smallest absolute Gasteiger partial charge is 0.462 e. The van der Waals surface area contributed by atoms with E-state index in [1.54, 1.807) is 0 Å². The van der Waals surface area contributed by atoms with E-state index >= 15 is 0 Å². The average Bonchev–Trinajstić information content (AvgIpc) is 1.43. The monoisotopic (exact) mass is 1380 g/mol. The Morgan fingerprint density at radius 2 is 0.628 bits per heavy atom. The van der Waals surface area contributed by atoms with Crippen LogP contribution >= 0.6 is 15.6 Å². The highest BCUT2D eigenvalue weighted by atomic mass is 31.2. The number of hydrogen-bond acceptors (Lipinski definition) is 15. The molecule has 0 aliphatic carbocycles. The van der Waals surface area contributed by atoms with E-state index in [-0.39, 0.29) is 25.7 Å². The van der Waals surface area contributed by atoms with E-state index in [0.29, 0.717) is 25.7 Å². The van der Waals surface area contributed by atoms with Crippen molar-refractivity contribution in [1.29, 1.82) is 0 Å². The van der Waals surface area contributed by atoms with Crippen molar-refractivity contribution in [2.75, 3.05) is 39.6 Å². The van der Waals surface area contributed by atoms with Gasteiger partial charge in [0.05, 0.1) is 26.4 Å². The number of allylic oxidation sites excluding steroid dienone is 4. The predicted octanol–water partition coefficient (Wildman–Crippen LogP) is 21.3. The molecule has 0 aromatic heterocycles. The van der Waals surface area contributed by atoms with Gasteiger partial charge in [-0.3, -0.25) is 37.3 Å². The number of aliphatic hydroxyl groups is 1. The molecule has 0 fully saturated rings. The van der Waals surface area contributed by atoms with Gasteiger partial charge in [-0.05, 0) is 69.1 Å². The van der Waals surface area contributed by atoms with Crippen LogP contribution in [-0.4, -0.2) is 96.7 Å². The summed E-state index contributed by atoms with van der Waals surface area (Å²) >= 11 is 0. The van der Waals surface area contributed by atoms with Gasteiger partial charge in [0.2, 0.25) is 0 Å². The molecule has 0 bridgehead atoms. The van der Waals surface area contributed by atoms with Crippen LogP contribution in [0.25, 0.3) is 0 Å². The Morgan fingerprint density at radius 3 is 0.947 bits per heavy atom. The number of rotatable bonds is 71. The number of phosphoric ester groups is 2. The van der Waals surface area contributed by atoms with Gasteiger partial charge in [0.25, 0.3) is 0 Å². The van der Waals surface area contributed by atoms with Gasteiger partial charge in [0.15, 0.2) is 12.2 Å². The molecule has 0 heterocycles. The number of phosphoric acid groups is 2. The average molecular weight is 1380 g/mol. The van der Waals surface area contributed by atoms with E-state index in [9.17, 15) is 43.2 Å². The molecule has 0 aromatic carbocycles. The molecule has 94 heavy (non-hydrogen) atoms. The topological polar surface area (TPSA) is 237 Å². The zero-order valence-corrected chi connectivity index (χ0v) is 62.7. The summed E-state index contributed by atoms with van der Waals surface area (Å²) in [6.45, 7) is 11.8. The van der Waals surface area contributed by atoms with Crippen LogP contribution in [0.1, 0.15) is 357 Å². The standard InChI is InChI=1S/C75H142O17P2/c1-8-10-11-12-13-14-15-16-17-21-24-29-34-42-49-56-72(77)85-62-70(91-75(80)59-52-45-36-31-26-28-33-40-47-54-67(5)6)64-89-93(81,82)87-60-69(76)61-88-94(83,84)90-65-71(63-86-73(78)57-50-43-38-37-41-48-55-68(7)9-2)92-74(79)58-51-44-35-30-25-22-19-18-20-23-27-32-39-46-53-66(3)4/h14-17,66-71,76H,8-13,18-65H2,1-7H3,(H,81,82)(H,83,84)/b15-14-,17-16-/t68?,69-,70-,71-/m1/s1. The third kappa shape index (κ3) is 66.8. The summed E-state index contributed by atoms with van der Waals surface area (Å²) in [6.07, 6.45) is 53.6. The Hall–Kier alpha value is -2.46. The number of hydrogen-bond donors (Lipinski definition) is 3. The lowest BCUT2D eigenvalue weighted by molar-refractivity contribution is -0.161. The molecule has 17 nitrogen and oxygen atoms in total. The van der Waals surface area contributed by atoms with E-state index in [2.05, 4.69) is 72.8 Å². The Balaban J connectivity index is 5.27. The highest BCUT2D eigenvalue weighted by Crippen LogP contribution is 2.45. The van der Waals surface area contributed by atoms with Crippen LogP contribution in [0, 0.1) is 17.8 Å². The summed E-state index contributed by atoms with van der Waals surface area (Å²) in [4.78, 5) is 72.7. The van der Waals surface area contributed by atoms with E-state index in [4.69, 9.17) is 37.0 Å². The molecular formula is C75H142O17P2. The second-order valence-electron chi connectivity index (χ2n) is 27.5. The number of unbranched alkanes of at least 4 members (excludes halogenated alkanes) is 35. The van der Waals surface area contributed by atoms with Gasteiger partial charge < -0.3 is 33.8 Å². The first-order valence-electron chi connectivity index (χ1n) is 38.2. The molecule has 0 aliphatic heterocycles. The molecule has 554 valence electrons. The van der Waals surface area contributed by atoms with Gasteiger partial charge in [0, 0.05) is 25.7 Å². The van der Waals surface area contributed by atoms with Crippen molar-refractivity contribution < 1.29 is 80.2 Å². The Morgan fingerprint density at radius 1 is 0.351 bits per heavy atom. The first-order chi connectivity index (χ1) is 45.3. The molecule has 3 N–H and O–H groups in total. The summed E-state index contributed by atoms with van der Waals surface area (Å²) in [5, 5.41) is 10.6. The summed E-state index contributed by atoms with van der Waals surface area (Å²) in [6, 6.07) is 0. The highest BCUT2D eigenvalue weighted by molar-refractivity contribution is 7.47. The Kier molecular flexibility index (Phi) is 63.5. The summed E-state index contributed by atoms with van der Waals surface area (Å²) in [7, 11) is -9.92. The predicted molar refractivity (Wildman–Crippen MR) is 381 cm³/mol. The zero-order valence-electron chi connectivity index (χ0n) is 60.9. The van der Waals surface area contributed by atoms with Crippen molar-refractivity contribution in [3.05, 3.63) is 24.3 Å². The quantitative estimate of drug-likeness (QED) is 0.0169. The van der Waals surface area contributed by atoms with E-state index in [1.807, 2.05) is 0 Å². The minimum atomic E-state index is -4.96. The molecule has 0 radical (unpaired) electrons. The molecule has 6 atom stereocenters.